The van der Waals surface area contributed by atoms with Gasteiger partial charge in [0, 0.05) is 7.05 Å². The van der Waals surface area contributed by atoms with E-state index >= 15 is 0 Å². The molecule has 0 aliphatic carbocycles. The number of aryl methyl sites for hydroxylation is 1. The standard InChI is InChI=1S/C9H8ClFN2/c1-13-8-4-6(11)2-3-7(8)12-9(13)5-10/h2-4H,5H2,1H3. The average molecular weight is 199 g/mol. The smallest absolute Gasteiger partial charge is 0.125 e. The molecule has 0 saturated carbocycles. The largest absolute Gasteiger partial charge is 0.330 e. The number of hydrogen-bond acceptors (Lipinski definition) is 1. The molecule has 0 saturated heterocycles. The van der Waals surface area contributed by atoms with Crippen LogP contribution in [0.25, 0.3) is 11.0 Å². The van der Waals surface area contributed by atoms with Crippen molar-refractivity contribution in [3.8, 4) is 0 Å². The minimum atomic E-state index is -0.253. The molecule has 0 aliphatic heterocycles. The molecule has 0 bridgehead atoms. The fourth-order valence-electron chi connectivity index (χ4n) is 1.33. The molecule has 0 radical (unpaired) electrons. The summed E-state index contributed by atoms with van der Waals surface area (Å²) in [5.41, 5.74) is 1.55. The van der Waals surface area contributed by atoms with E-state index in [4.69, 9.17) is 11.6 Å². The molecule has 68 valence electrons. The highest BCUT2D eigenvalue weighted by Gasteiger charge is 2.06. The van der Waals surface area contributed by atoms with Gasteiger partial charge in [-0.05, 0) is 18.2 Å². The first-order valence-corrected chi connectivity index (χ1v) is 4.42. The molecule has 0 unspecified atom stereocenters. The van der Waals surface area contributed by atoms with Crippen LogP contribution >= 0.6 is 11.6 Å². The van der Waals surface area contributed by atoms with Gasteiger partial charge >= 0.3 is 0 Å². The lowest BCUT2D eigenvalue weighted by Gasteiger charge is -1.96. The molecular weight excluding hydrogens is 191 g/mol. The van der Waals surface area contributed by atoms with Gasteiger partial charge in [0.2, 0.25) is 0 Å². The van der Waals surface area contributed by atoms with E-state index in [-0.39, 0.29) is 5.82 Å². The molecule has 1 heterocycles. The molecule has 0 aliphatic rings. The van der Waals surface area contributed by atoms with Crippen LogP contribution in [-0.2, 0) is 12.9 Å². The van der Waals surface area contributed by atoms with Crippen molar-refractivity contribution < 1.29 is 4.39 Å². The number of imidazole rings is 1. The number of benzene rings is 1. The quantitative estimate of drug-likeness (QED) is 0.644. The highest BCUT2D eigenvalue weighted by molar-refractivity contribution is 6.16. The fraction of sp³-hybridized carbons (Fsp3) is 0.222. The van der Waals surface area contributed by atoms with Crippen molar-refractivity contribution in [3.63, 3.8) is 0 Å². The first-order chi connectivity index (χ1) is 6.22. The van der Waals surface area contributed by atoms with Gasteiger partial charge in [-0.25, -0.2) is 9.37 Å². The molecule has 4 heteroatoms. The maximum atomic E-state index is 12.9. The number of rotatable bonds is 1. The van der Waals surface area contributed by atoms with Crippen molar-refractivity contribution in [1.29, 1.82) is 0 Å². The molecule has 2 nitrogen and oxygen atoms in total. The van der Waals surface area contributed by atoms with Crippen LogP contribution in [0.15, 0.2) is 18.2 Å². The van der Waals surface area contributed by atoms with Gasteiger partial charge in [0.1, 0.15) is 11.6 Å². The van der Waals surface area contributed by atoms with Crippen LogP contribution in [0.3, 0.4) is 0 Å². The number of fused-ring (bicyclic) bond motifs is 1. The van der Waals surface area contributed by atoms with Gasteiger partial charge in [-0.3, -0.25) is 0 Å². The van der Waals surface area contributed by atoms with Crippen molar-refractivity contribution in [2.24, 2.45) is 7.05 Å². The SMILES string of the molecule is Cn1c(CCl)nc2ccc(F)cc21. The molecule has 1 aromatic heterocycles. The first kappa shape index (κ1) is 8.51. The van der Waals surface area contributed by atoms with Gasteiger partial charge < -0.3 is 4.57 Å². The lowest BCUT2D eigenvalue weighted by Crippen LogP contribution is -1.93. The minimum absolute atomic E-state index is 0.253. The zero-order chi connectivity index (χ0) is 9.42. The second kappa shape index (κ2) is 3.00. The zero-order valence-electron chi connectivity index (χ0n) is 7.09. The Morgan fingerprint density at radius 3 is 3.00 bits per heavy atom. The molecule has 0 atom stereocenters. The van der Waals surface area contributed by atoms with Crippen molar-refractivity contribution >= 4 is 22.6 Å². The first-order valence-electron chi connectivity index (χ1n) is 3.89. The highest BCUT2D eigenvalue weighted by atomic mass is 35.5. The van der Waals surface area contributed by atoms with Crippen molar-refractivity contribution in [2.45, 2.75) is 5.88 Å². The Labute approximate surface area is 80.0 Å². The Bertz CT molecular complexity index is 450. The monoisotopic (exact) mass is 198 g/mol. The Balaban J connectivity index is 2.77. The summed E-state index contributed by atoms with van der Waals surface area (Å²) < 4.78 is 14.7. The third kappa shape index (κ3) is 1.29. The number of alkyl halides is 1. The molecule has 0 fully saturated rings. The molecule has 0 N–H and O–H groups in total. The van der Waals surface area contributed by atoms with E-state index in [9.17, 15) is 4.39 Å². The summed E-state index contributed by atoms with van der Waals surface area (Å²) in [6, 6.07) is 4.51. The van der Waals surface area contributed by atoms with Gasteiger partial charge in [0.15, 0.2) is 0 Å². The van der Waals surface area contributed by atoms with E-state index in [1.807, 2.05) is 7.05 Å². The molecule has 2 rings (SSSR count). The van der Waals surface area contributed by atoms with Gasteiger partial charge in [0.05, 0.1) is 16.9 Å². The van der Waals surface area contributed by atoms with Gasteiger partial charge in [-0.2, -0.15) is 0 Å². The second-order valence-corrected chi connectivity index (χ2v) is 3.12. The highest BCUT2D eigenvalue weighted by Crippen LogP contribution is 2.16. The predicted molar refractivity (Wildman–Crippen MR) is 50.2 cm³/mol. The number of halogens is 2. The molecule has 2 aromatic rings. The Morgan fingerprint density at radius 1 is 1.54 bits per heavy atom. The summed E-state index contributed by atoms with van der Waals surface area (Å²) in [4.78, 5) is 4.24. The van der Waals surface area contributed by atoms with E-state index in [0.717, 1.165) is 16.9 Å². The summed E-state index contributed by atoms with van der Waals surface area (Å²) in [6.07, 6.45) is 0. The average Bonchev–Trinajstić information content (AvgIpc) is 2.44. The summed E-state index contributed by atoms with van der Waals surface area (Å²) in [7, 11) is 1.83. The van der Waals surface area contributed by atoms with Crippen LogP contribution in [-0.4, -0.2) is 9.55 Å². The molecule has 0 spiro atoms. The van der Waals surface area contributed by atoms with Crippen LogP contribution < -0.4 is 0 Å². The maximum absolute atomic E-state index is 12.9. The normalized spacial score (nSPS) is 11.0. The van der Waals surface area contributed by atoms with Crippen LogP contribution in [0.4, 0.5) is 4.39 Å². The molecule has 1 aromatic carbocycles. The van der Waals surface area contributed by atoms with Crippen molar-refractivity contribution in [1.82, 2.24) is 9.55 Å². The molecular formula is C9H8ClFN2. The Morgan fingerprint density at radius 2 is 2.31 bits per heavy atom. The van der Waals surface area contributed by atoms with Crippen LogP contribution in [0.5, 0.6) is 0 Å². The lowest BCUT2D eigenvalue weighted by atomic mass is 10.3. The van der Waals surface area contributed by atoms with Crippen molar-refractivity contribution in [3.05, 3.63) is 29.8 Å². The molecule has 13 heavy (non-hydrogen) atoms. The van der Waals surface area contributed by atoms with Crippen LogP contribution in [0.2, 0.25) is 0 Å². The summed E-state index contributed by atoms with van der Waals surface area (Å²) in [6.45, 7) is 0. The van der Waals surface area contributed by atoms with Crippen LogP contribution in [0, 0.1) is 5.82 Å². The summed E-state index contributed by atoms with van der Waals surface area (Å²) >= 11 is 5.67. The van der Waals surface area contributed by atoms with E-state index < -0.39 is 0 Å². The third-order valence-corrected chi connectivity index (χ3v) is 2.29. The predicted octanol–water partition coefficient (Wildman–Crippen LogP) is 2.45. The number of nitrogens with zero attached hydrogens (tertiary/aromatic N) is 2. The topological polar surface area (TPSA) is 17.8 Å². The zero-order valence-corrected chi connectivity index (χ0v) is 7.85. The van der Waals surface area contributed by atoms with E-state index in [0.29, 0.717) is 5.88 Å². The number of hydrogen-bond donors (Lipinski definition) is 0. The fourth-order valence-corrected chi connectivity index (χ4v) is 1.57. The third-order valence-electron chi connectivity index (χ3n) is 2.06. The minimum Gasteiger partial charge on any atom is -0.330 e. The Kier molecular flexibility index (Phi) is 1.96. The van der Waals surface area contributed by atoms with Gasteiger partial charge in [-0.15, -0.1) is 11.6 Å². The Hall–Kier alpha value is -1.09. The van der Waals surface area contributed by atoms with Crippen LogP contribution in [0.1, 0.15) is 5.82 Å². The van der Waals surface area contributed by atoms with Gasteiger partial charge in [0.25, 0.3) is 0 Å². The summed E-state index contributed by atoms with van der Waals surface area (Å²) in [5.74, 6) is 0.839. The van der Waals surface area contributed by atoms with Gasteiger partial charge in [-0.1, -0.05) is 0 Å². The van der Waals surface area contributed by atoms with E-state index in [1.165, 1.54) is 12.1 Å². The molecule has 0 amide bonds. The lowest BCUT2D eigenvalue weighted by molar-refractivity contribution is 0.628. The summed E-state index contributed by atoms with van der Waals surface area (Å²) in [5, 5.41) is 0. The van der Waals surface area contributed by atoms with E-state index in [1.54, 1.807) is 10.6 Å². The van der Waals surface area contributed by atoms with Crippen molar-refractivity contribution in [2.75, 3.05) is 0 Å². The van der Waals surface area contributed by atoms with E-state index in [2.05, 4.69) is 4.98 Å². The number of aromatic nitrogens is 2. The maximum Gasteiger partial charge on any atom is 0.125 e. The second-order valence-electron chi connectivity index (χ2n) is 2.85.